The number of hydrogen-bond donors (Lipinski definition) is 2. The SMILES string of the molecule is CC(C)(C)n1nc(NC2CCCCC2)cc1[C@H]1CC[C@@H](O)C1. The fraction of sp³-hybridized carbons (Fsp3) is 0.833. The molecule has 2 N–H and O–H groups in total. The zero-order valence-corrected chi connectivity index (χ0v) is 14.3. The Morgan fingerprint density at radius 1 is 1.14 bits per heavy atom. The molecule has 3 rings (SSSR count). The van der Waals surface area contributed by atoms with E-state index in [2.05, 4.69) is 36.8 Å². The van der Waals surface area contributed by atoms with E-state index in [-0.39, 0.29) is 11.6 Å². The third-order valence-electron chi connectivity index (χ3n) is 5.15. The smallest absolute Gasteiger partial charge is 0.148 e. The molecule has 0 unspecified atom stereocenters. The average molecular weight is 305 g/mol. The monoisotopic (exact) mass is 305 g/mol. The van der Waals surface area contributed by atoms with Crippen molar-refractivity contribution in [2.24, 2.45) is 0 Å². The van der Waals surface area contributed by atoms with Crippen LogP contribution in [0.4, 0.5) is 5.82 Å². The number of hydrogen-bond acceptors (Lipinski definition) is 3. The molecule has 4 nitrogen and oxygen atoms in total. The van der Waals surface area contributed by atoms with Crippen LogP contribution in [-0.2, 0) is 5.54 Å². The molecule has 1 heterocycles. The van der Waals surface area contributed by atoms with Crippen LogP contribution in [0.3, 0.4) is 0 Å². The first-order valence-electron chi connectivity index (χ1n) is 8.98. The van der Waals surface area contributed by atoms with Crippen LogP contribution in [0, 0.1) is 0 Å². The molecule has 2 aliphatic rings. The van der Waals surface area contributed by atoms with Crippen molar-refractivity contribution in [1.29, 1.82) is 0 Å². The summed E-state index contributed by atoms with van der Waals surface area (Å²) in [6.45, 7) is 6.62. The third kappa shape index (κ3) is 3.48. The number of aliphatic hydroxyl groups is 1. The second kappa shape index (κ2) is 6.23. The highest BCUT2D eigenvalue weighted by atomic mass is 16.3. The first-order chi connectivity index (χ1) is 10.4. The molecule has 0 bridgehead atoms. The molecule has 2 saturated carbocycles. The number of anilines is 1. The van der Waals surface area contributed by atoms with Crippen molar-refractivity contribution in [2.45, 2.75) is 95.7 Å². The summed E-state index contributed by atoms with van der Waals surface area (Å²) in [5.74, 6) is 1.47. The number of nitrogens with one attached hydrogen (secondary N) is 1. The van der Waals surface area contributed by atoms with E-state index in [1.165, 1.54) is 37.8 Å². The molecule has 0 radical (unpaired) electrons. The van der Waals surface area contributed by atoms with Gasteiger partial charge in [0, 0.05) is 23.7 Å². The van der Waals surface area contributed by atoms with Gasteiger partial charge in [-0.3, -0.25) is 4.68 Å². The highest BCUT2D eigenvalue weighted by Crippen LogP contribution is 2.37. The Bertz CT molecular complexity index is 497. The molecule has 124 valence electrons. The Labute approximate surface area is 134 Å². The molecule has 2 fully saturated rings. The Morgan fingerprint density at radius 2 is 1.86 bits per heavy atom. The standard InChI is InChI=1S/C18H31N3O/c1-18(2,3)21-16(13-9-10-15(22)11-13)12-17(20-21)19-14-7-5-4-6-8-14/h12-15,22H,4-11H2,1-3H3,(H,19,20)/t13-,15+/m0/s1. The lowest BCUT2D eigenvalue weighted by Gasteiger charge is -2.25. The molecular weight excluding hydrogens is 274 g/mol. The average Bonchev–Trinajstić information content (AvgIpc) is 3.06. The van der Waals surface area contributed by atoms with Crippen LogP contribution in [0.1, 0.15) is 83.7 Å². The van der Waals surface area contributed by atoms with Gasteiger partial charge in [0.15, 0.2) is 0 Å². The largest absolute Gasteiger partial charge is 0.393 e. The van der Waals surface area contributed by atoms with Crippen LogP contribution in [0.2, 0.25) is 0 Å². The summed E-state index contributed by atoms with van der Waals surface area (Å²) in [6, 6.07) is 2.82. The van der Waals surface area contributed by atoms with Gasteiger partial charge in [0.2, 0.25) is 0 Å². The first kappa shape index (κ1) is 15.9. The van der Waals surface area contributed by atoms with Crippen molar-refractivity contribution in [3.05, 3.63) is 11.8 Å². The van der Waals surface area contributed by atoms with Gasteiger partial charge >= 0.3 is 0 Å². The maximum atomic E-state index is 9.88. The van der Waals surface area contributed by atoms with Crippen LogP contribution < -0.4 is 5.32 Å². The highest BCUT2D eigenvalue weighted by Gasteiger charge is 2.31. The summed E-state index contributed by atoms with van der Waals surface area (Å²) in [5.41, 5.74) is 1.28. The van der Waals surface area contributed by atoms with E-state index in [0.29, 0.717) is 12.0 Å². The maximum Gasteiger partial charge on any atom is 0.148 e. The van der Waals surface area contributed by atoms with E-state index in [1.807, 2.05) is 0 Å². The van der Waals surface area contributed by atoms with Crippen LogP contribution in [0.25, 0.3) is 0 Å². The minimum absolute atomic E-state index is 0.0185. The van der Waals surface area contributed by atoms with Crippen molar-refractivity contribution in [1.82, 2.24) is 9.78 Å². The van der Waals surface area contributed by atoms with E-state index in [4.69, 9.17) is 5.10 Å². The first-order valence-corrected chi connectivity index (χ1v) is 8.98. The number of aliphatic hydroxyl groups excluding tert-OH is 1. The van der Waals surface area contributed by atoms with Crippen LogP contribution in [0.15, 0.2) is 6.07 Å². The minimum atomic E-state index is -0.136. The Kier molecular flexibility index (Phi) is 4.49. The third-order valence-corrected chi connectivity index (χ3v) is 5.15. The minimum Gasteiger partial charge on any atom is -0.393 e. The second-order valence-electron chi connectivity index (χ2n) is 8.18. The quantitative estimate of drug-likeness (QED) is 0.887. The van der Waals surface area contributed by atoms with Gasteiger partial charge in [0.05, 0.1) is 11.6 Å². The topological polar surface area (TPSA) is 50.1 Å². The van der Waals surface area contributed by atoms with E-state index < -0.39 is 0 Å². The van der Waals surface area contributed by atoms with Gasteiger partial charge in [-0.1, -0.05) is 19.3 Å². The molecule has 2 aliphatic carbocycles. The molecule has 0 aromatic carbocycles. The number of rotatable bonds is 3. The molecule has 0 spiro atoms. The van der Waals surface area contributed by atoms with Gasteiger partial charge in [-0.2, -0.15) is 5.10 Å². The van der Waals surface area contributed by atoms with E-state index in [1.54, 1.807) is 0 Å². The van der Waals surface area contributed by atoms with E-state index >= 15 is 0 Å². The Morgan fingerprint density at radius 3 is 2.45 bits per heavy atom. The summed E-state index contributed by atoms with van der Waals surface area (Å²) in [5, 5.41) is 18.4. The van der Waals surface area contributed by atoms with Crippen LogP contribution in [0.5, 0.6) is 0 Å². The number of nitrogens with zero attached hydrogens (tertiary/aromatic N) is 2. The summed E-state index contributed by atoms with van der Waals surface area (Å²) < 4.78 is 2.18. The molecule has 1 aromatic heterocycles. The number of aromatic nitrogens is 2. The maximum absolute atomic E-state index is 9.88. The van der Waals surface area contributed by atoms with E-state index in [9.17, 15) is 5.11 Å². The van der Waals surface area contributed by atoms with Gasteiger partial charge in [-0.15, -0.1) is 0 Å². The summed E-state index contributed by atoms with van der Waals surface area (Å²) in [4.78, 5) is 0. The second-order valence-corrected chi connectivity index (χ2v) is 8.18. The molecule has 4 heteroatoms. The predicted molar refractivity (Wildman–Crippen MR) is 90.3 cm³/mol. The Balaban J connectivity index is 1.81. The zero-order valence-electron chi connectivity index (χ0n) is 14.3. The molecule has 2 atom stereocenters. The normalized spacial score (nSPS) is 27.3. The van der Waals surface area contributed by atoms with Crippen molar-refractivity contribution in [3.8, 4) is 0 Å². The van der Waals surface area contributed by atoms with Gasteiger partial charge in [0.25, 0.3) is 0 Å². The van der Waals surface area contributed by atoms with Gasteiger partial charge in [0.1, 0.15) is 5.82 Å². The van der Waals surface area contributed by atoms with Gasteiger partial charge < -0.3 is 10.4 Å². The highest BCUT2D eigenvalue weighted by molar-refractivity contribution is 5.39. The zero-order chi connectivity index (χ0) is 15.7. The molecule has 22 heavy (non-hydrogen) atoms. The lowest BCUT2D eigenvalue weighted by Crippen LogP contribution is -2.27. The molecule has 1 aromatic rings. The van der Waals surface area contributed by atoms with Gasteiger partial charge in [-0.25, -0.2) is 0 Å². The molecule has 0 amide bonds. The molecular formula is C18H31N3O. The lowest BCUT2D eigenvalue weighted by atomic mass is 9.95. The molecule has 0 aliphatic heterocycles. The van der Waals surface area contributed by atoms with Gasteiger partial charge in [-0.05, 0) is 52.9 Å². The molecule has 0 saturated heterocycles. The predicted octanol–water partition coefficient (Wildman–Crippen LogP) is 4.01. The fourth-order valence-electron chi connectivity index (χ4n) is 3.98. The van der Waals surface area contributed by atoms with Crippen LogP contribution >= 0.6 is 0 Å². The summed E-state index contributed by atoms with van der Waals surface area (Å²) in [7, 11) is 0. The lowest BCUT2D eigenvalue weighted by molar-refractivity contribution is 0.180. The van der Waals surface area contributed by atoms with Crippen molar-refractivity contribution < 1.29 is 5.11 Å². The summed E-state index contributed by atoms with van der Waals surface area (Å²) >= 11 is 0. The summed E-state index contributed by atoms with van der Waals surface area (Å²) in [6.07, 6.45) is 9.31. The van der Waals surface area contributed by atoms with Crippen molar-refractivity contribution in [2.75, 3.05) is 5.32 Å². The van der Waals surface area contributed by atoms with Crippen LogP contribution in [-0.4, -0.2) is 27.0 Å². The fourth-order valence-corrected chi connectivity index (χ4v) is 3.98. The Hall–Kier alpha value is -1.03. The van der Waals surface area contributed by atoms with Crippen molar-refractivity contribution in [3.63, 3.8) is 0 Å². The van der Waals surface area contributed by atoms with Crippen molar-refractivity contribution >= 4 is 5.82 Å². The van der Waals surface area contributed by atoms with E-state index in [0.717, 1.165) is 25.1 Å².